The van der Waals surface area contributed by atoms with Crippen molar-refractivity contribution < 1.29 is 18.0 Å². The first-order valence-electron chi connectivity index (χ1n) is 7.90. The molecule has 3 rings (SSSR count). The van der Waals surface area contributed by atoms with Crippen LogP contribution >= 0.6 is 0 Å². The van der Waals surface area contributed by atoms with Crippen LogP contribution in [0.3, 0.4) is 0 Å². The van der Waals surface area contributed by atoms with E-state index in [0.717, 1.165) is 5.82 Å². The Morgan fingerprint density at radius 2 is 1.68 bits per heavy atom. The van der Waals surface area contributed by atoms with Gasteiger partial charge in [0.2, 0.25) is 5.91 Å². The highest BCUT2D eigenvalue weighted by Crippen LogP contribution is 2.22. The average Bonchev–Trinajstić information content (AvgIpc) is 3.07. The van der Waals surface area contributed by atoms with E-state index in [4.69, 9.17) is 0 Å². The van der Waals surface area contributed by atoms with Gasteiger partial charge in [0, 0.05) is 44.6 Å². The molecule has 1 aliphatic heterocycles. The van der Waals surface area contributed by atoms with Gasteiger partial charge in [-0.1, -0.05) is 0 Å². The highest BCUT2D eigenvalue weighted by molar-refractivity contribution is 5.77. The largest absolute Gasteiger partial charge is 0.397 e. The molecule has 0 atom stereocenters. The number of carbonyl (C=O) groups is 1. The first-order chi connectivity index (χ1) is 11.8. The molecule has 0 bridgehead atoms. The molecule has 3 heterocycles. The zero-order valence-electron chi connectivity index (χ0n) is 13.7. The van der Waals surface area contributed by atoms with E-state index < -0.39 is 18.5 Å². The Morgan fingerprint density at radius 1 is 1.08 bits per heavy atom. The molecule has 1 saturated heterocycles. The predicted molar refractivity (Wildman–Crippen MR) is 85.6 cm³/mol. The molecule has 0 aliphatic carbocycles. The predicted octanol–water partition coefficient (Wildman–Crippen LogP) is 2.18. The van der Waals surface area contributed by atoms with E-state index >= 15 is 0 Å². The lowest BCUT2D eigenvalue weighted by Crippen LogP contribution is -2.49. The van der Waals surface area contributed by atoms with Crippen LogP contribution in [0, 0.1) is 6.92 Å². The molecule has 0 N–H and O–H groups in total. The minimum absolute atomic E-state index is 0.247. The van der Waals surface area contributed by atoms with Crippen LogP contribution in [0.25, 0.3) is 5.82 Å². The van der Waals surface area contributed by atoms with Crippen LogP contribution in [0.1, 0.15) is 12.2 Å². The van der Waals surface area contributed by atoms with Crippen molar-refractivity contribution in [2.75, 3.05) is 31.1 Å². The number of aromatic nitrogens is 3. The molecule has 2 aromatic heterocycles. The number of anilines is 1. The Balaban J connectivity index is 1.68. The van der Waals surface area contributed by atoms with E-state index in [2.05, 4.69) is 9.97 Å². The van der Waals surface area contributed by atoms with Gasteiger partial charge in [-0.2, -0.15) is 13.2 Å². The smallest absolute Gasteiger partial charge is 0.353 e. The van der Waals surface area contributed by atoms with E-state index in [1.54, 1.807) is 6.92 Å². The monoisotopic (exact) mass is 353 g/mol. The SMILES string of the molecule is Cc1nc(N2CCN(C(=O)CC(F)(F)F)CC2)cc(-n2cccc2)n1. The third kappa shape index (κ3) is 4.28. The highest BCUT2D eigenvalue weighted by Gasteiger charge is 2.34. The number of aryl methyl sites for hydroxylation is 1. The molecule has 1 amide bonds. The molecule has 9 heteroatoms. The van der Waals surface area contributed by atoms with Gasteiger partial charge in [-0.05, 0) is 19.1 Å². The zero-order chi connectivity index (χ0) is 18.0. The number of hydrogen-bond donors (Lipinski definition) is 0. The third-order valence-corrected chi connectivity index (χ3v) is 3.99. The van der Waals surface area contributed by atoms with Crippen LogP contribution in [0.15, 0.2) is 30.6 Å². The molecular weight excluding hydrogens is 335 g/mol. The molecule has 0 saturated carbocycles. The Bertz CT molecular complexity index is 737. The molecule has 1 fully saturated rings. The van der Waals surface area contributed by atoms with Crippen molar-refractivity contribution in [3.05, 3.63) is 36.4 Å². The quantitative estimate of drug-likeness (QED) is 0.849. The normalized spacial score (nSPS) is 15.5. The lowest BCUT2D eigenvalue weighted by atomic mass is 10.2. The second kappa shape index (κ2) is 6.73. The van der Waals surface area contributed by atoms with Crippen molar-refractivity contribution >= 4 is 11.7 Å². The fourth-order valence-corrected chi connectivity index (χ4v) is 2.79. The Kier molecular flexibility index (Phi) is 4.65. The lowest BCUT2D eigenvalue weighted by Gasteiger charge is -2.35. The fourth-order valence-electron chi connectivity index (χ4n) is 2.79. The Labute approximate surface area is 142 Å². The second-order valence-electron chi connectivity index (χ2n) is 5.88. The number of piperazine rings is 1. The maximum absolute atomic E-state index is 12.3. The molecule has 0 unspecified atom stereocenters. The number of halogens is 3. The van der Waals surface area contributed by atoms with Crippen LogP contribution in [-0.2, 0) is 4.79 Å². The Hall–Kier alpha value is -2.58. The molecule has 0 spiro atoms. The summed E-state index contributed by atoms with van der Waals surface area (Å²) in [7, 11) is 0. The van der Waals surface area contributed by atoms with Crippen molar-refractivity contribution in [2.45, 2.75) is 19.5 Å². The van der Waals surface area contributed by atoms with Crippen molar-refractivity contribution in [3.63, 3.8) is 0 Å². The molecule has 134 valence electrons. The second-order valence-corrected chi connectivity index (χ2v) is 5.88. The van der Waals surface area contributed by atoms with Gasteiger partial charge in [-0.25, -0.2) is 9.97 Å². The molecule has 6 nitrogen and oxygen atoms in total. The van der Waals surface area contributed by atoms with Gasteiger partial charge in [-0.3, -0.25) is 4.79 Å². The van der Waals surface area contributed by atoms with E-state index in [1.807, 2.05) is 40.1 Å². The maximum atomic E-state index is 12.3. The summed E-state index contributed by atoms with van der Waals surface area (Å²) in [5.74, 6) is 1.16. The molecule has 0 radical (unpaired) electrons. The van der Waals surface area contributed by atoms with Crippen LogP contribution < -0.4 is 4.90 Å². The number of carbonyl (C=O) groups excluding carboxylic acids is 1. The first-order valence-corrected chi connectivity index (χ1v) is 7.90. The van der Waals surface area contributed by atoms with Crippen LogP contribution in [0.2, 0.25) is 0 Å². The summed E-state index contributed by atoms with van der Waals surface area (Å²) < 4.78 is 38.9. The van der Waals surface area contributed by atoms with Gasteiger partial charge >= 0.3 is 6.18 Å². The number of hydrogen-bond acceptors (Lipinski definition) is 4. The summed E-state index contributed by atoms with van der Waals surface area (Å²) in [6.45, 7) is 3.16. The number of alkyl halides is 3. The van der Waals surface area contributed by atoms with Gasteiger partial charge in [0.15, 0.2) is 0 Å². The first kappa shape index (κ1) is 17.2. The summed E-state index contributed by atoms with van der Waals surface area (Å²) in [5.41, 5.74) is 0. The average molecular weight is 353 g/mol. The summed E-state index contributed by atoms with van der Waals surface area (Å²) >= 11 is 0. The summed E-state index contributed by atoms with van der Waals surface area (Å²) in [6.07, 6.45) is -2.13. The zero-order valence-corrected chi connectivity index (χ0v) is 13.7. The number of amides is 1. The van der Waals surface area contributed by atoms with Gasteiger partial charge < -0.3 is 14.4 Å². The lowest BCUT2D eigenvalue weighted by molar-refractivity contribution is -0.161. The third-order valence-electron chi connectivity index (χ3n) is 3.99. The van der Waals surface area contributed by atoms with E-state index in [0.29, 0.717) is 24.7 Å². The van der Waals surface area contributed by atoms with Crippen molar-refractivity contribution in [2.24, 2.45) is 0 Å². The Morgan fingerprint density at radius 3 is 2.28 bits per heavy atom. The minimum Gasteiger partial charge on any atom is -0.353 e. The minimum atomic E-state index is -4.47. The standard InChI is InChI=1S/C16H18F3N5O/c1-12-20-13(22-4-2-3-5-22)10-14(21-12)23-6-8-24(9-7-23)15(25)11-16(17,18)19/h2-5,10H,6-9,11H2,1H3. The molecule has 25 heavy (non-hydrogen) atoms. The molecule has 2 aromatic rings. The summed E-state index contributed by atoms with van der Waals surface area (Å²) in [4.78, 5) is 23.7. The van der Waals surface area contributed by atoms with Crippen molar-refractivity contribution in [1.82, 2.24) is 19.4 Å². The van der Waals surface area contributed by atoms with Gasteiger partial charge in [0.25, 0.3) is 0 Å². The topological polar surface area (TPSA) is 54.3 Å². The van der Waals surface area contributed by atoms with E-state index in [-0.39, 0.29) is 13.1 Å². The van der Waals surface area contributed by atoms with Gasteiger partial charge in [0.05, 0.1) is 0 Å². The van der Waals surface area contributed by atoms with Crippen LogP contribution in [-0.4, -0.2) is 57.7 Å². The van der Waals surface area contributed by atoms with Crippen molar-refractivity contribution in [1.29, 1.82) is 0 Å². The molecular formula is C16H18F3N5O. The molecule has 0 aromatic carbocycles. The number of rotatable bonds is 3. The van der Waals surface area contributed by atoms with E-state index in [1.165, 1.54) is 4.90 Å². The number of nitrogens with zero attached hydrogens (tertiary/aromatic N) is 5. The summed E-state index contributed by atoms with van der Waals surface area (Å²) in [5, 5.41) is 0. The van der Waals surface area contributed by atoms with Crippen LogP contribution in [0.4, 0.5) is 19.0 Å². The van der Waals surface area contributed by atoms with Crippen molar-refractivity contribution in [3.8, 4) is 5.82 Å². The summed E-state index contributed by atoms with van der Waals surface area (Å²) in [6, 6.07) is 5.62. The van der Waals surface area contributed by atoms with Crippen LogP contribution in [0.5, 0.6) is 0 Å². The van der Waals surface area contributed by atoms with Gasteiger partial charge in [0.1, 0.15) is 23.9 Å². The highest BCUT2D eigenvalue weighted by atomic mass is 19.4. The maximum Gasteiger partial charge on any atom is 0.397 e. The molecule has 1 aliphatic rings. The fraction of sp³-hybridized carbons (Fsp3) is 0.438. The van der Waals surface area contributed by atoms with E-state index in [9.17, 15) is 18.0 Å². The van der Waals surface area contributed by atoms with Gasteiger partial charge in [-0.15, -0.1) is 0 Å².